The minimum Gasteiger partial charge on any atom is -0.397 e. The molecule has 0 bridgehead atoms. The molecule has 1 fully saturated rings. The van der Waals surface area contributed by atoms with Gasteiger partial charge in [-0.1, -0.05) is 0 Å². The highest BCUT2D eigenvalue weighted by Crippen LogP contribution is 2.35. The lowest BCUT2D eigenvalue weighted by Gasteiger charge is -2.35. The molecule has 1 unspecified atom stereocenters. The molecule has 5 nitrogen and oxygen atoms in total. The lowest BCUT2D eigenvalue weighted by molar-refractivity contribution is -0.116. The van der Waals surface area contributed by atoms with Crippen LogP contribution in [0.4, 0.5) is 17.1 Å². The number of nitrogens with two attached hydrogens (primary N) is 1. The number of rotatable bonds is 3. The molecule has 0 saturated carbocycles. The summed E-state index contributed by atoms with van der Waals surface area (Å²) in [7, 11) is 1.75. The van der Waals surface area contributed by atoms with Crippen molar-refractivity contribution in [2.24, 2.45) is 5.92 Å². The Kier molecular flexibility index (Phi) is 4.01. The molecule has 5 heteroatoms. The number of carbonyl (C=O) groups excluding carboxylic acids is 1. The molecule has 0 radical (unpaired) electrons. The number of piperidine rings is 1. The van der Waals surface area contributed by atoms with Gasteiger partial charge in [-0.25, -0.2) is 0 Å². The van der Waals surface area contributed by atoms with Gasteiger partial charge < -0.3 is 20.7 Å². The van der Waals surface area contributed by atoms with E-state index in [0.717, 1.165) is 55.2 Å². The van der Waals surface area contributed by atoms with Gasteiger partial charge in [0.25, 0.3) is 0 Å². The number of aryl methyl sites for hydroxylation is 1. The molecule has 2 aliphatic rings. The van der Waals surface area contributed by atoms with Crippen LogP contribution >= 0.6 is 0 Å². The van der Waals surface area contributed by atoms with Crippen molar-refractivity contribution in [1.82, 2.24) is 0 Å². The number of benzene rings is 1. The van der Waals surface area contributed by atoms with Gasteiger partial charge in [0.05, 0.1) is 18.0 Å². The molecule has 1 aromatic carbocycles. The number of hydrogen-bond donors (Lipinski definition) is 2. The molecule has 2 heterocycles. The predicted molar refractivity (Wildman–Crippen MR) is 84.6 cm³/mol. The second kappa shape index (κ2) is 5.93. The smallest absolute Gasteiger partial charge is 0.224 e. The molecule has 0 aliphatic carbocycles. The summed E-state index contributed by atoms with van der Waals surface area (Å²) in [6.07, 6.45) is 3.67. The Balaban J connectivity index is 1.84. The van der Waals surface area contributed by atoms with Crippen molar-refractivity contribution in [3.05, 3.63) is 17.7 Å². The summed E-state index contributed by atoms with van der Waals surface area (Å²) in [5.41, 5.74) is 10.2. The first kappa shape index (κ1) is 14.2. The third-order valence-electron chi connectivity index (χ3n) is 4.41. The van der Waals surface area contributed by atoms with E-state index < -0.39 is 0 Å². The lowest BCUT2D eigenvalue weighted by Crippen LogP contribution is -2.37. The summed E-state index contributed by atoms with van der Waals surface area (Å²) < 4.78 is 5.29. The van der Waals surface area contributed by atoms with Crippen molar-refractivity contribution in [3.63, 3.8) is 0 Å². The normalized spacial score (nSPS) is 21.9. The zero-order valence-corrected chi connectivity index (χ0v) is 12.5. The van der Waals surface area contributed by atoms with Crippen LogP contribution in [0.2, 0.25) is 0 Å². The molecular formula is C16H23N3O2. The van der Waals surface area contributed by atoms with Gasteiger partial charge in [0.1, 0.15) is 0 Å². The topological polar surface area (TPSA) is 67.6 Å². The van der Waals surface area contributed by atoms with E-state index in [1.165, 1.54) is 6.42 Å². The van der Waals surface area contributed by atoms with Crippen LogP contribution in [0, 0.1) is 5.92 Å². The van der Waals surface area contributed by atoms with Gasteiger partial charge in [-0.05, 0) is 42.9 Å². The van der Waals surface area contributed by atoms with Gasteiger partial charge in [0.15, 0.2) is 0 Å². The molecule has 0 aromatic heterocycles. The maximum absolute atomic E-state index is 11.6. The second-order valence-corrected chi connectivity index (χ2v) is 6.03. The summed E-state index contributed by atoms with van der Waals surface area (Å²) in [5.74, 6) is 0.642. The number of amides is 1. The highest BCUT2D eigenvalue weighted by atomic mass is 16.5. The molecular weight excluding hydrogens is 266 g/mol. The summed E-state index contributed by atoms with van der Waals surface area (Å²) >= 11 is 0. The van der Waals surface area contributed by atoms with E-state index in [4.69, 9.17) is 10.5 Å². The fourth-order valence-corrected chi connectivity index (χ4v) is 3.37. The molecule has 114 valence electrons. The van der Waals surface area contributed by atoms with E-state index in [0.29, 0.717) is 12.3 Å². The first-order valence-electron chi connectivity index (χ1n) is 7.63. The molecule has 1 saturated heterocycles. The summed E-state index contributed by atoms with van der Waals surface area (Å²) in [6, 6.07) is 4.06. The van der Waals surface area contributed by atoms with E-state index in [1.54, 1.807) is 7.11 Å². The van der Waals surface area contributed by atoms with Gasteiger partial charge in [0.2, 0.25) is 5.91 Å². The zero-order valence-electron chi connectivity index (χ0n) is 12.5. The van der Waals surface area contributed by atoms with E-state index in [2.05, 4.69) is 10.2 Å². The van der Waals surface area contributed by atoms with Crippen LogP contribution < -0.4 is 16.0 Å². The van der Waals surface area contributed by atoms with Gasteiger partial charge >= 0.3 is 0 Å². The number of hydrogen-bond acceptors (Lipinski definition) is 4. The molecule has 3 N–H and O–H groups in total. The Bertz CT molecular complexity index is 543. The average Bonchev–Trinajstić information content (AvgIpc) is 2.48. The van der Waals surface area contributed by atoms with Crippen LogP contribution in [0.1, 0.15) is 24.8 Å². The van der Waals surface area contributed by atoms with Crippen LogP contribution in [0.15, 0.2) is 12.1 Å². The third kappa shape index (κ3) is 2.97. The van der Waals surface area contributed by atoms with Crippen LogP contribution in [-0.2, 0) is 16.0 Å². The number of fused-ring (bicyclic) bond motifs is 1. The quantitative estimate of drug-likeness (QED) is 0.835. The van der Waals surface area contributed by atoms with Crippen molar-refractivity contribution >= 4 is 23.0 Å². The fraction of sp³-hybridized carbons (Fsp3) is 0.562. The Labute approximate surface area is 125 Å². The van der Waals surface area contributed by atoms with Gasteiger partial charge in [0, 0.05) is 32.3 Å². The predicted octanol–water partition coefficient (Wildman–Crippen LogP) is 2.02. The van der Waals surface area contributed by atoms with Gasteiger partial charge in [-0.2, -0.15) is 0 Å². The minimum atomic E-state index is 0.0918. The molecule has 3 rings (SSSR count). The van der Waals surface area contributed by atoms with Crippen molar-refractivity contribution in [1.29, 1.82) is 0 Å². The van der Waals surface area contributed by atoms with Crippen molar-refractivity contribution in [2.45, 2.75) is 25.7 Å². The van der Waals surface area contributed by atoms with E-state index in [1.807, 2.05) is 12.1 Å². The SMILES string of the molecule is COCC1CCCN(c2cc3c(cc2N)CCC(=O)N3)C1. The fourth-order valence-electron chi connectivity index (χ4n) is 3.37. The highest BCUT2D eigenvalue weighted by Gasteiger charge is 2.23. The van der Waals surface area contributed by atoms with E-state index >= 15 is 0 Å². The monoisotopic (exact) mass is 289 g/mol. The number of ether oxygens (including phenoxy) is 1. The number of anilines is 3. The number of nitrogens with one attached hydrogen (secondary N) is 1. The Morgan fingerprint density at radius 2 is 2.29 bits per heavy atom. The van der Waals surface area contributed by atoms with E-state index in [-0.39, 0.29) is 5.91 Å². The van der Waals surface area contributed by atoms with Crippen molar-refractivity contribution in [2.75, 3.05) is 42.8 Å². The first-order valence-corrected chi connectivity index (χ1v) is 7.63. The maximum Gasteiger partial charge on any atom is 0.224 e. The maximum atomic E-state index is 11.6. The number of methoxy groups -OCH3 is 1. The zero-order chi connectivity index (χ0) is 14.8. The van der Waals surface area contributed by atoms with Crippen LogP contribution in [0.3, 0.4) is 0 Å². The number of nitrogens with zero attached hydrogens (tertiary/aromatic N) is 1. The van der Waals surface area contributed by atoms with Gasteiger partial charge in [-0.15, -0.1) is 0 Å². The van der Waals surface area contributed by atoms with Crippen LogP contribution in [-0.4, -0.2) is 32.7 Å². The molecule has 1 aromatic rings. The van der Waals surface area contributed by atoms with E-state index in [9.17, 15) is 4.79 Å². The molecule has 1 atom stereocenters. The summed E-state index contributed by atoms with van der Waals surface area (Å²) in [5, 5.41) is 2.96. The van der Waals surface area contributed by atoms with Crippen molar-refractivity contribution in [3.8, 4) is 0 Å². The minimum absolute atomic E-state index is 0.0918. The third-order valence-corrected chi connectivity index (χ3v) is 4.41. The van der Waals surface area contributed by atoms with Crippen LogP contribution in [0.5, 0.6) is 0 Å². The Morgan fingerprint density at radius 3 is 3.10 bits per heavy atom. The second-order valence-electron chi connectivity index (χ2n) is 6.03. The highest BCUT2D eigenvalue weighted by molar-refractivity contribution is 5.95. The lowest BCUT2D eigenvalue weighted by atomic mass is 9.96. The standard InChI is InChI=1S/C16H23N3O2/c1-21-10-11-3-2-6-19(9-11)15-8-14-12(7-13(15)17)4-5-16(20)18-14/h7-8,11H,2-6,9-10,17H2,1H3,(H,18,20). The Hall–Kier alpha value is -1.75. The summed E-state index contributed by atoms with van der Waals surface area (Å²) in [4.78, 5) is 13.9. The number of carbonyl (C=O) groups is 1. The molecule has 2 aliphatic heterocycles. The number of nitrogen functional groups attached to an aromatic ring is 1. The van der Waals surface area contributed by atoms with Gasteiger partial charge in [-0.3, -0.25) is 4.79 Å². The first-order chi connectivity index (χ1) is 10.2. The Morgan fingerprint density at radius 1 is 1.43 bits per heavy atom. The van der Waals surface area contributed by atoms with Crippen molar-refractivity contribution < 1.29 is 9.53 Å². The molecule has 1 amide bonds. The molecule has 21 heavy (non-hydrogen) atoms. The largest absolute Gasteiger partial charge is 0.397 e. The van der Waals surface area contributed by atoms with Crippen LogP contribution in [0.25, 0.3) is 0 Å². The molecule has 0 spiro atoms. The average molecular weight is 289 g/mol. The summed E-state index contributed by atoms with van der Waals surface area (Å²) in [6.45, 7) is 2.76.